The van der Waals surface area contributed by atoms with Gasteiger partial charge in [-0.2, -0.15) is 0 Å². The third kappa shape index (κ3) is 3.70. The highest BCUT2D eigenvalue weighted by Gasteiger charge is 2.28. The summed E-state index contributed by atoms with van der Waals surface area (Å²) >= 11 is 0. The van der Waals surface area contributed by atoms with E-state index in [4.69, 9.17) is 5.73 Å². The van der Waals surface area contributed by atoms with E-state index in [1.165, 1.54) is 6.07 Å². The molecule has 20 heavy (non-hydrogen) atoms. The standard InChI is InChI=1S/C15H21FN2O.ClH/c1-11-5-6-13(14(16)10-11)15(19)18-9-3-2-4-12(18)7-8-17;/h5-6,10,12H,2-4,7-9,17H2,1H3;1H. The molecule has 0 saturated carbocycles. The van der Waals surface area contributed by atoms with Crippen LogP contribution in [0.3, 0.4) is 0 Å². The molecule has 1 fully saturated rings. The smallest absolute Gasteiger partial charge is 0.257 e. The molecule has 0 radical (unpaired) electrons. The van der Waals surface area contributed by atoms with Gasteiger partial charge in [-0.1, -0.05) is 6.07 Å². The molecule has 1 aliphatic rings. The molecule has 1 unspecified atom stereocenters. The summed E-state index contributed by atoms with van der Waals surface area (Å²) in [4.78, 5) is 14.3. The Kier molecular flexibility index (Phi) is 6.43. The summed E-state index contributed by atoms with van der Waals surface area (Å²) in [5.74, 6) is -0.627. The summed E-state index contributed by atoms with van der Waals surface area (Å²) < 4.78 is 13.9. The molecule has 0 aliphatic carbocycles. The lowest BCUT2D eigenvalue weighted by molar-refractivity contribution is 0.0600. The van der Waals surface area contributed by atoms with Crippen LogP contribution >= 0.6 is 12.4 Å². The SMILES string of the molecule is Cc1ccc(C(=O)N2CCCCC2CCN)c(F)c1.Cl. The summed E-state index contributed by atoms with van der Waals surface area (Å²) in [5, 5.41) is 0. The fourth-order valence-electron chi connectivity index (χ4n) is 2.71. The molecule has 0 aromatic heterocycles. The Morgan fingerprint density at radius 3 is 2.85 bits per heavy atom. The lowest BCUT2D eigenvalue weighted by Crippen LogP contribution is -2.44. The second-order valence-electron chi connectivity index (χ2n) is 5.21. The van der Waals surface area contributed by atoms with Crippen molar-refractivity contribution in [2.75, 3.05) is 13.1 Å². The van der Waals surface area contributed by atoms with Crippen molar-refractivity contribution in [1.82, 2.24) is 4.90 Å². The second-order valence-corrected chi connectivity index (χ2v) is 5.21. The van der Waals surface area contributed by atoms with E-state index in [1.54, 1.807) is 17.0 Å². The van der Waals surface area contributed by atoms with Crippen molar-refractivity contribution in [3.8, 4) is 0 Å². The number of carbonyl (C=O) groups excluding carboxylic acids is 1. The number of hydrogen-bond donors (Lipinski definition) is 1. The van der Waals surface area contributed by atoms with Crippen LogP contribution in [-0.4, -0.2) is 29.9 Å². The molecule has 1 amide bonds. The molecule has 1 saturated heterocycles. The number of aryl methyl sites for hydroxylation is 1. The van der Waals surface area contributed by atoms with Crippen molar-refractivity contribution in [3.05, 3.63) is 35.1 Å². The molecule has 1 aromatic carbocycles. The van der Waals surface area contributed by atoms with E-state index in [9.17, 15) is 9.18 Å². The Morgan fingerprint density at radius 1 is 1.45 bits per heavy atom. The van der Waals surface area contributed by atoms with E-state index in [0.717, 1.165) is 31.2 Å². The van der Waals surface area contributed by atoms with E-state index in [2.05, 4.69) is 0 Å². The van der Waals surface area contributed by atoms with Gasteiger partial charge in [-0.3, -0.25) is 4.79 Å². The topological polar surface area (TPSA) is 46.3 Å². The van der Waals surface area contributed by atoms with Crippen molar-refractivity contribution >= 4 is 18.3 Å². The summed E-state index contributed by atoms with van der Waals surface area (Å²) in [6.07, 6.45) is 3.86. The first-order valence-corrected chi connectivity index (χ1v) is 6.90. The summed E-state index contributed by atoms with van der Waals surface area (Å²) in [5.41, 5.74) is 6.60. The van der Waals surface area contributed by atoms with Gasteiger partial charge in [0.2, 0.25) is 0 Å². The maximum absolute atomic E-state index is 13.9. The van der Waals surface area contributed by atoms with Crippen molar-refractivity contribution in [1.29, 1.82) is 0 Å². The molecule has 2 N–H and O–H groups in total. The molecule has 0 bridgehead atoms. The van der Waals surface area contributed by atoms with Gasteiger partial charge in [-0.15, -0.1) is 12.4 Å². The molecule has 0 spiro atoms. The van der Waals surface area contributed by atoms with E-state index in [0.29, 0.717) is 13.1 Å². The first-order valence-electron chi connectivity index (χ1n) is 6.90. The first-order chi connectivity index (χ1) is 9.13. The quantitative estimate of drug-likeness (QED) is 0.933. The number of hydrogen-bond acceptors (Lipinski definition) is 2. The zero-order valence-corrected chi connectivity index (χ0v) is 12.6. The Morgan fingerprint density at radius 2 is 2.20 bits per heavy atom. The Hall–Kier alpha value is -1.13. The van der Waals surface area contributed by atoms with E-state index >= 15 is 0 Å². The summed E-state index contributed by atoms with van der Waals surface area (Å²) in [6, 6.07) is 4.93. The predicted molar refractivity (Wildman–Crippen MR) is 80.7 cm³/mol. The van der Waals surface area contributed by atoms with E-state index in [-0.39, 0.29) is 29.9 Å². The largest absolute Gasteiger partial charge is 0.336 e. The van der Waals surface area contributed by atoms with Crippen LogP contribution in [0.5, 0.6) is 0 Å². The number of amides is 1. The average molecular weight is 301 g/mol. The van der Waals surface area contributed by atoms with Gasteiger partial charge in [0.15, 0.2) is 0 Å². The minimum absolute atomic E-state index is 0. The van der Waals surface area contributed by atoms with Crippen LogP contribution in [0.2, 0.25) is 0 Å². The number of halogens is 2. The van der Waals surface area contributed by atoms with E-state index in [1.807, 2.05) is 6.92 Å². The van der Waals surface area contributed by atoms with E-state index < -0.39 is 5.82 Å². The van der Waals surface area contributed by atoms with Crippen LogP contribution in [0, 0.1) is 12.7 Å². The van der Waals surface area contributed by atoms with Crippen molar-refractivity contribution < 1.29 is 9.18 Å². The number of carbonyl (C=O) groups is 1. The normalized spacial score (nSPS) is 18.6. The van der Waals surface area contributed by atoms with Crippen molar-refractivity contribution in [2.24, 2.45) is 5.73 Å². The fourth-order valence-corrected chi connectivity index (χ4v) is 2.71. The van der Waals surface area contributed by atoms with Gasteiger partial charge in [-0.05, 0) is 56.8 Å². The van der Waals surface area contributed by atoms with Crippen molar-refractivity contribution in [3.63, 3.8) is 0 Å². The molecular weight excluding hydrogens is 279 g/mol. The van der Waals surface area contributed by atoms with Crippen LogP contribution in [0.1, 0.15) is 41.6 Å². The zero-order valence-electron chi connectivity index (χ0n) is 11.8. The lowest BCUT2D eigenvalue weighted by Gasteiger charge is -2.35. The molecule has 1 aliphatic heterocycles. The third-order valence-electron chi connectivity index (χ3n) is 3.74. The maximum Gasteiger partial charge on any atom is 0.257 e. The number of piperidine rings is 1. The van der Waals surface area contributed by atoms with Gasteiger partial charge in [0.25, 0.3) is 5.91 Å². The van der Waals surface area contributed by atoms with Crippen LogP contribution in [0.15, 0.2) is 18.2 Å². The molecule has 1 heterocycles. The highest BCUT2D eigenvalue weighted by molar-refractivity contribution is 5.94. The molecule has 5 heteroatoms. The number of nitrogens with two attached hydrogens (primary N) is 1. The van der Waals surface area contributed by atoms with Crippen molar-refractivity contribution in [2.45, 2.75) is 38.6 Å². The molecule has 2 rings (SSSR count). The maximum atomic E-state index is 13.9. The van der Waals surface area contributed by atoms with Crippen LogP contribution in [0.4, 0.5) is 4.39 Å². The van der Waals surface area contributed by atoms with Crippen LogP contribution < -0.4 is 5.73 Å². The lowest BCUT2D eigenvalue weighted by atomic mass is 9.98. The average Bonchev–Trinajstić information content (AvgIpc) is 2.39. The van der Waals surface area contributed by atoms with Gasteiger partial charge in [0.05, 0.1) is 5.56 Å². The predicted octanol–water partition coefficient (Wildman–Crippen LogP) is 2.90. The van der Waals surface area contributed by atoms with Crippen LogP contribution in [-0.2, 0) is 0 Å². The third-order valence-corrected chi connectivity index (χ3v) is 3.74. The Labute approximate surface area is 125 Å². The van der Waals surface area contributed by atoms with Gasteiger partial charge in [0.1, 0.15) is 5.82 Å². The molecule has 112 valence electrons. The van der Waals surface area contributed by atoms with Crippen LogP contribution in [0.25, 0.3) is 0 Å². The molecule has 1 atom stereocenters. The highest BCUT2D eigenvalue weighted by atomic mass is 35.5. The number of benzene rings is 1. The zero-order chi connectivity index (χ0) is 13.8. The second kappa shape index (κ2) is 7.60. The fraction of sp³-hybridized carbons (Fsp3) is 0.533. The minimum Gasteiger partial charge on any atom is -0.336 e. The molecule has 3 nitrogen and oxygen atoms in total. The Balaban J connectivity index is 0.00000200. The van der Waals surface area contributed by atoms with Gasteiger partial charge in [-0.25, -0.2) is 4.39 Å². The summed E-state index contributed by atoms with van der Waals surface area (Å²) in [7, 11) is 0. The minimum atomic E-state index is -0.429. The highest BCUT2D eigenvalue weighted by Crippen LogP contribution is 2.23. The summed E-state index contributed by atoms with van der Waals surface area (Å²) in [6.45, 7) is 3.08. The number of rotatable bonds is 3. The monoisotopic (exact) mass is 300 g/mol. The van der Waals surface area contributed by atoms with Gasteiger partial charge in [0, 0.05) is 12.6 Å². The Bertz CT molecular complexity index is 465. The molecular formula is C15H22ClFN2O. The first kappa shape index (κ1) is 16.9. The molecule has 1 aromatic rings. The van der Waals surface area contributed by atoms with Gasteiger partial charge >= 0.3 is 0 Å². The number of likely N-dealkylation sites (tertiary alicyclic amines) is 1. The van der Waals surface area contributed by atoms with Gasteiger partial charge < -0.3 is 10.6 Å². The number of nitrogens with zero attached hydrogens (tertiary/aromatic N) is 1.